The Morgan fingerprint density at radius 1 is 1.43 bits per heavy atom. The first-order valence-corrected chi connectivity index (χ1v) is 6.04. The van der Waals surface area contributed by atoms with E-state index in [1.54, 1.807) is 20.8 Å². The van der Waals surface area contributed by atoms with E-state index >= 15 is 0 Å². The van der Waals surface area contributed by atoms with Crippen LogP contribution >= 0.6 is 0 Å². The van der Waals surface area contributed by atoms with Gasteiger partial charge in [-0.2, -0.15) is 0 Å². The fourth-order valence-electron chi connectivity index (χ4n) is 1.61. The molecule has 0 aliphatic carbocycles. The van der Waals surface area contributed by atoms with Crippen molar-refractivity contribution in [2.24, 2.45) is 0 Å². The summed E-state index contributed by atoms with van der Waals surface area (Å²) in [5.74, 6) is -0.334. The number of allylic oxidation sites excluding steroid dienone is 2. The third-order valence-electron chi connectivity index (χ3n) is 2.29. The first kappa shape index (κ1) is 11.2. The van der Waals surface area contributed by atoms with Crippen LogP contribution in [0.2, 0.25) is 0 Å². The molecule has 14 heavy (non-hydrogen) atoms. The fraction of sp³-hybridized carbons (Fsp3) is 0.667. The minimum atomic E-state index is -3.48. The molecule has 0 aromatic heterocycles. The number of nitrogens with zero attached hydrogens (tertiary/aromatic N) is 1. The summed E-state index contributed by atoms with van der Waals surface area (Å²) < 4.78 is 25.0. The minimum Gasteiger partial charge on any atom is -0.293 e. The van der Waals surface area contributed by atoms with E-state index < -0.39 is 15.3 Å². The van der Waals surface area contributed by atoms with Crippen LogP contribution < -0.4 is 0 Å². The zero-order valence-electron chi connectivity index (χ0n) is 8.81. The Morgan fingerprint density at radius 3 is 2.36 bits per heavy atom. The summed E-state index contributed by atoms with van der Waals surface area (Å²) in [6.45, 7) is 6.64. The van der Waals surface area contributed by atoms with Crippen LogP contribution in [0.15, 0.2) is 11.8 Å². The standard InChI is InChI=1S/C9H15NO3S/c1-6(2)10-7(3)5-9(11)8(4)14(10,12)13/h5-6,8H,1-4H3. The van der Waals surface area contributed by atoms with Crippen molar-refractivity contribution in [1.82, 2.24) is 4.31 Å². The van der Waals surface area contributed by atoms with E-state index in [0.717, 1.165) is 0 Å². The van der Waals surface area contributed by atoms with Gasteiger partial charge in [0, 0.05) is 17.8 Å². The van der Waals surface area contributed by atoms with Crippen LogP contribution in [0.3, 0.4) is 0 Å². The summed E-state index contributed by atoms with van der Waals surface area (Å²) in [4.78, 5) is 11.3. The third kappa shape index (κ3) is 1.56. The van der Waals surface area contributed by atoms with Crippen molar-refractivity contribution in [2.75, 3.05) is 0 Å². The first-order chi connectivity index (χ1) is 6.28. The molecule has 1 heterocycles. The van der Waals surface area contributed by atoms with Gasteiger partial charge in [-0.1, -0.05) is 0 Å². The average molecular weight is 217 g/mol. The molecule has 0 N–H and O–H groups in total. The molecule has 1 rings (SSSR count). The van der Waals surface area contributed by atoms with Gasteiger partial charge in [-0.15, -0.1) is 0 Å². The summed E-state index contributed by atoms with van der Waals surface area (Å²) >= 11 is 0. The number of sulfonamides is 1. The van der Waals surface area contributed by atoms with Gasteiger partial charge >= 0.3 is 0 Å². The van der Waals surface area contributed by atoms with E-state index in [9.17, 15) is 13.2 Å². The molecule has 0 amide bonds. The molecule has 1 unspecified atom stereocenters. The van der Waals surface area contributed by atoms with Gasteiger partial charge in [-0.3, -0.25) is 9.10 Å². The van der Waals surface area contributed by atoms with Crippen LogP contribution in [0, 0.1) is 0 Å². The summed E-state index contributed by atoms with van der Waals surface area (Å²) in [5, 5.41) is -0.950. The van der Waals surface area contributed by atoms with Crippen molar-refractivity contribution < 1.29 is 13.2 Å². The van der Waals surface area contributed by atoms with Crippen molar-refractivity contribution in [1.29, 1.82) is 0 Å². The van der Waals surface area contributed by atoms with Crippen molar-refractivity contribution in [3.8, 4) is 0 Å². The Kier molecular flexibility index (Phi) is 2.71. The van der Waals surface area contributed by atoms with Gasteiger partial charge in [0.2, 0.25) is 10.0 Å². The SMILES string of the molecule is CC1=CC(=O)C(C)S(=O)(=O)N1C(C)C. The molecule has 0 saturated heterocycles. The van der Waals surface area contributed by atoms with Gasteiger partial charge in [0.25, 0.3) is 0 Å². The zero-order valence-corrected chi connectivity index (χ0v) is 9.63. The minimum absolute atomic E-state index is 0.146. The van der Waals surface area contributed by atoms with Gasteiger partial charge in [0.15, 0.2) is 5.78 Å². The summed E-state index contributed by atoms with van der Waals surface area (Å²) in [6.07, 6.45) is 1.39. The van der Waals surface area contributed by atoms with E-state index in [0.29, 0.717) is 5.70 Å². The Bertz CT molecular complexity index is 381. The number of rotatable bonds is 1. The van der Waals surface area contributed by atoms with Crippen molar-refractivity contribution in [3.05, 3.63) is 11.8 Å². The quantitative estimate of drug-likeness (QED) is 0.655. The van der Waals surface area contributed by atoms with E-state index in [2.05, 4.69) is 0 Å². The third-order valence-corrected chi connectivity index (χ3v) is 4.67. The van der Waals surface area contributed by atoms with Crippen molar-refractivity contribution in [2.45, 2.75) is 39.0 Å². The molecule has 0 saturated carbocycles. The number of carbonyl (C=O) groups is 1. The van der Waals surface area contributed by atoms with Gasteiger partial charge in [-0.25, -0.2) is 8.42 Å². The Hall–Kier alpha value is -0.840. The lowest BCUT2D eigenvalue weighted by Gasteiger charge is -2.33. The highest BCUT2D eigenvalue weighted by Crippen LogP contribution is 2.24. The molecule has 0 aromatic carbocycles. The molecular weight excluding hydrogens is 202 g/mol. The van der Waals surface area contributed by atoms with Crippen LogP contribution in [0.5, 0.6) is 0 Å². The number of hydrogen-bond acceptors (Lipinski definition) is 3. The van der Waals surface area contributed by atoms with Crippen LogP contribution in [-0.2, 0) is 14.8 Å². The zero-order chi connectivity index (χ0) is 11.1. The second-order valence-electron chi connectivity index (χ2n) is 3.76. The number of hydrogen-bond donors (Lipinski definition) is 0. The molecule has 0 bridgehead atoms. The maximum atomic E-state index is 11.8. The number of ketones is 1. The Balaban J connectivity index is 3.31. The maximum Gasteiger partial charge on any atom is 0.245 e. The van der Waals surface area contributed by atoms with Crippen LogP contribution in [-0.4, -0.2) is 29.8 Å². The molecule has 1 aliphatic heterocycles. The van der Waals surface area contributed by atoms with E-state index in [1.807, 2.05) is 0 Å². The lowest BCUT2D eigenvalue weighted by molar-refractivity contribution is -0.114. The summed E-state index contributed by atoms with van der Waals surface area (Å²) in [7, 11) is -3.48. The summed E-state index contributed by atoms with van der Waals surface area (Å²) in [5.41, 5.74) is 0.503. The van der Waals surface area contributed by atoms with Crippen LogP contribution in [0.25, 0.3) is 0 Å². The molecule has 1 atom stereocenters. The smallest absolute Gasteiger partial charge is 0.245 e. The number of carbonyl (C=O) groups excluding carboxylic acids is 1. The molecule has 0 aromatic rings. The lowest BCUT2D eigenvalue weighted by Crippen LogP contribution is -2.46. The summed E-state index contributed by atoms with van der Waals surface area (Å²) in [6, 6.07) is -0.146. The predicted molar refractivity (Wildman–Crippen MR) is 54.1 cm³/mol. The topological polar surface area (TPSA) is 54.5 Å². The second kappa shape index (κ2) is 3.38. The first-order valence-electron chi connectivity index (χ1n) is 4.54. The predicted octanol–water partition coefficient (Wildman–Crippen LogP) is 0.902. The molecule has 0 spiro atoms. The lowest BCUT2D eigenvalue weighted by atomic mass is 10.2. The van der Waals surface area contributed by atoms with Gasteiger partial charge < -0.3 is 0 Å². The highest BCUT2D eigenvalue weighted by atomic mass is 32.2. The molecule has 5 heteroatoms. The van der Waals surface area contributed by atoms with Crippen molar-refractivity contribution in [3.63, 3.8) is 0 Å². The maximum absolute atomic E-state index is 11.8. The molecule has 0 fully saturated rings. The fourth-order valence-corrected chi connectivity index (χ4v) is 3.35. The molecule has 0 radical (unpaired) electrons. The van der Waals surface area contributed by atoms with Crippen LogP contribution in [0.4, 0.5) is 0 Å². The van der Waals surface area contributed by atoms with E-state index in [-0.39, 0.29) is 11.8 Å². The van der Waals surface area contributed by atoms with Gasteiger partial charge in [0.1, 0.15) is 5.25 Å². The van der Waals surface area contributed by atoms with E-state index in [4.69, 9.17) is 0 Å². The van der Waals surface area contributed by atoms with Crippen molar-refractivity contribution >= 4 is 15.8 Å². The average Bonchev–Trinajstić information content (AvgIpc) is 1.98. The van der Waals surface area contributed by atoms with Crippen LogP contribution in [0.1, 0.15) is 27.7 Å². The molecule has 1 aliphatic rings. The normalized spacial score (nSPS) is 26.6. The van der Waals surface area contributed by atoms with Gasteiger partial charge in [-0.05, 0) is 27.7 Å². The highest BCUT2D eigenvalue weighted by molar-refractivity contribution is 7.90. The Morgan fingerprint density at radius 2 is 1.93 bits per heavy atom. The molecule has 80 valence electrons. The Labute approximate surface area is 84.6 Å². The van der Waals surface area contributed by atoms with E-state index in [1.165, 1.54) is 17.3 Å². The monoisotopic (exact) mass is 217 g/mol. The molecule has 4 nitrogen and oxygen atoms in total. The highest BCUT2D eigenvalue weighted by Gasteiger charge is 2.38. The molecular formula is C9H15NO3S. The largest absolute Gasteiger partial charge is 0.293 e. The van der Waals surface area contributed by atoms with Gasteiger partial charge in [0.05, 0.1) is 0 Å². The second-order valence-corrected chi connectivity index (χ2v) is 5.90.